The van der Waals surface area contributed by atoms with Crippen molar-refractivity contribution in [3.05, 3.63) is 69.2 Å². The Bertz CT molecular complexity index is 577. The standard InChI is InChI=1S/C18H22BrN/c1-4-20-18(12-15-8-6-5-7-14(15)3)16-11-13(2)9-10-17(16)19/h5-11,18,20H,4,12H2,1-3H3. The number of nitrogens with one attached hydrogen (secondary N) is 1. The fourth-order valence-electron chi connectivity index (χ4n) is 2.53. The zero-order valence-corrected chi connectivity index (χ0v) is 14.0. The van der Waals surface area contributed by atoms with E-state index in [0.29, 0.717) is 6.04 Å². The van der Waals surface area contributed by atoms with Crippen molar-refractivity contribution in [1.82, 2.24) is 5.32 Å². The topological polar surface area (TPSA) is 12.0 Å². The Hall–Kier alpha value is -1.12. The molecule has 0 aliphatic heterocycles. The van der Waals surface area contributed by atoms with Crippen molar-refractivity contribution >= 4 is 15.9 Å². The molecule has 0 aliphatic carbocycles. The van der Waals surface area contributed by atoms with Gasteiger partial charge in [-0.25, -0.2) is 0 Å². The fraction of sp³-hybridized carbons (Fsp3) is 0.333. The monoisotopic (exact) mass is 331 g/mol. The van der Waals surface area contributed by atoms with Gasteiger partial charge in [-0.05, 0) is 49.6 Å². The van der Waals surface area contributed by atoms with Gasteiger partial charge in [0.15, 0.2) is 0 Å². The minimum Gasteiger partial charge on any atom is -0.310 e. The molecule has 1 N–H and O–H groups in total. The maximum Gasteiger partial charge on any atom is 0.0372 e. The van der Waals surface area contributed by atoms with Crippen LogP contribution in [0.2, 0.25) is 0 Å². The summed E-state index contributed by atoms with van der Waals surface area (Å²) in [6, 6.07) is 15.5. The van der Waals surface area contributed by atoms with E-state index in [9.17, 15) is 0 Å². The lowest BCUT2D eigenvalue weighted by Crippen LogP contribution is -2.23. The van der Waals surface area contributed by atoms with E-state index >= 15 is 0 Å². The van der Waals surface area contributed by atoms with Gasteiger partial charge in [0.05, 0.1) is 0 Å². The zero-order valence-electron chi connectivity index (χ0n) is 12.4. The first-order valence-corrected chi connectivity index (χ1v) is 7.95. The van der Waals surface area contributed by atoms with Gasteiger partial charge < -0.3 is 5.32 Å². The van der Waals surface area contributed by atoms with E-state index in [-0.39, 0.29) is 0 Å². The third kappa shape index (κ3) is 3.71. The van der Waals surface area contributed by atoms with E-state index < -0.39 is 0 Å². The van der Waals surface area contributed by atoms with Gasteiger partial charge in [-0.15, -0.1) is 0 Å². The van der Waals surface area contributed by atoms with Gasteiger partial charge in [-0.2, -0.15) is 0 Å². The SMILES string of the molecule is CCNC(Cc1ccccc1C)c1cc(C)ccc1Br. The van der Waals surface area contributed by atoms with Gasteiger partial charge in [0.25, 0.3) is 0 Å². The molecule has 1 atom stereocenters. The Morgan fingerprint density at radius 1 is 1.10 bits per heavy atom. The van der Waals surface area contributed by atoms with Crippen LogP contribution >= 0.6 is 15.9 Å². The number of hydrogen-bond donors (Lipinski definition) is 1. The molecule has 0 aliphatic rings. The maximum absolute atomic E-state index is 3.69. The largest absolute Gasteiger partial charge is 0.310 e. The highest BCUT2D eigenvalue weighted by molar-refractivity contribution is 9.10. The van der Waals surface area contributed by atoms with Gasteiger partial charge in [0, 0.05) is 10.5 Å². The average molecular weight is 332 g/mol. The van der Waals surface area contributed by atoms with Crippen LogP contribution in [0.5, 0.6) is 0 Å². The van der Waals surface area contributed by atoms with Crippen LogP contribution in [0.3, 0.4) is 0 Å². The Morgan fingerprint density at radius 2 is 1.85 bits per heavy atom. The summed E-state index contributed by atoms with van der Waals surface area (Å²) in [6.45, 7) is 7.46. The van der Waals surface area contributed by atoms with E-state index in [1.54, 1.807) is 0 Å². The molecule has 1 nitrogen and oxygen atoms in total. The molecular weight excluding hydrogens is 310 g/mol. The summed E-state index contributed by atoms with van der Waals surface area (Å²) in [5, 5.41) is 3.61. The van der Waals surface area contributed by atoms with Gasteiger partial charge in [0.1, 0.15) is 0 Å². The quantitative estimate of drug-likeness (QED) is 0.816. The molecule has 2 heteroatoms. The molecule has 106 valence electrons. The second kappa shape index (κ2) is 7.05. The van der Waals surface area contributed by atoms with Crippen LogP contribution < -0.4 is 5.32 Å². The summed E-state index contributed by atoms with van der Waals surface area (Å²) in [7, 11) is 0. The molecule has 2 aromatic carbocycles. The minimum atomic E-state index is 0.343. The van der Waals surface area contributed by atoms with Gasteiger partial charge >= 0.3 is 0 Å². The van der Waals surface area contributed by atoms with Crippen LogP contribution in [0.1, 0.15) is 35.2 Å². The van der Waals surface area contributed by atoms with Crippen molar-refractivity contribution in [1.29, 1.82) is 0 Å². The van der Waals surface area contributed by atoms with Crippen LogP contribution in [0.4, 0.5) is 0 Å². The molecule has 2 aromatic rings. The van der Waals surface area contributed by atoms with Crippen LogP contribution in [0.15, 0.2) is 46.9 Å². The van der Waals surface area contributed by atoms with Crippen molar-refractivity contribution in [3.8, 4) is 0 Å². The normalized spacial score (nSPS) is 12.4. The van der Waals surface area contributed by atoms with Crippen molar-refractivity contribution in [3.63, 3.8) is 0 Å². The van der Waals surface area contributed by atoms with Crippen molar-refractivity contribution < 1.29 is 0 Å². The third-order valence-corrected chi connectivity index (χ3v) is 4.38. The molecule has 0 saturated carbocycles. The molecule has 0 radical (unpaired) electrons. The fourth-order valence-corrected chi connectivity index (χ4v) is 3.05. The smallest absolute Gasteiger partial charge is 0.0372 e. The summed E-state index contributed by atoms with van der Waals surface area (Å²) in [4.78, 5) is 0. The molecule has 0 amide bonds. The lowest BCUT2D eigenvalue weighted by molar-refractivity contribution is 0.546. The zero-order chi connectivity index (χ0) is 14.5. The van der Waals surface area contributed by atoms with Crippen LogP contribution in [-0.4, -0.2) is 6.54 Å². The predicted molar refractivity (Wildman–Crippen MR) is 90.2 cm³/mol. The minimum absolute atomic E-state index is 0.343. The second-order valence-corrected chi connectivity index (χ2v) is 6.12. The molecule has 0 bridgehead atoms. The van der Waals surface area contributed by atoms with Crippen molar-refractivity contribution in [2.24, 2.45) is 0 Å². The maximum atomic E-state index is 3.69. The highest BCUT2D eigenvalue weighted by Crippen LogP contribution is 2.28. The molecule has 1 unspecified atom stereocenters. The molecule has 2 rings (SSSR count). The average Bonchev–Trinajstić information content (AvgIpc) is 2.43. The molecular formula is C18H22BrN. The van der Waals surface area contributed by atoms with Crippen molar-refractivity contribution in [2.75, 3.05) is 6.54 Å². The summed E-state index contributed by atoms with van der Waals surface area (Å²) in [5.41, 5.74) is 5.41. The summed E-state index contributed by atoms with van der Waals surface area (Å²) in [6.07, 6.45) is 1.02. The number of likely N-dealkylation sites (N-methyl/N-ethyl adjacent to an activating group) is 1. The lowest BCUT2D eigenvalue weighted by Gasteiger charge is -2.21. The van der Waals surface area contributed by atoms with E-state index in [1.165, 1.54) is 26.7 Å². The van der Waals surface area contributed by atoms with E-state index in [0.717, 1.165) is 13.0 Å². The molecule has 0 aromatic heterocycles. The predicted octanol–water partition coefficient (Wildman–Crippen LogP) is 4.96. The Kier molecular flexibility index (Phi) is 5.38. The Balaban J connectivity index is 2.32. The third-order valence-electron chi connectivity index (χ3n) is 3.66. The molecule has 0 heterocycles. The number of halogens is 1. The summed E-state index contributed by atoms with van der Waals surface area (Å²) in [5.74, 6) is 0. The number of hydrogen-bond acceptors (Lipinski definition) is 1. The van der Waals surface area contributed by atoms with E-state index in [2.05, 4.69) is 84.5 Å². The molecule has 0 fully saturated rings. The molecule has 0 spiro atoms. The van der Waals surface area contributed by atoms with Crippen molar-refractivity contribution in [2.45, 2.75) is 33.2 Å². The van der Waals surface area contributed by atoms with E-state index in [4.69, 9.17) is 0 Å². The van der Waals surface area contributed by atoms with Gasteiger partial charge in [0.2, 0.25) is 0 Å². The second-order valence-electron chi connectivity index (χ2n) is 5.27. The Labute approximate surface area is 130 Å². The molecule has 0 saturated heterocycles. The highest BCUT2D eigenvalue weighted by Gasteiger charge is 2.15. The number of benzene rings is 2. The van der Waals surface area contributed by atoms with Gasteiger partial charge in [-0.1, -0.05) is 64.8 Å². The van der Waals surface area contributed by atoms with Crippen LogP contribution in [0.25, 0.3) is 0 Å². The number of aryl methyl sites for hydroxylation is 2. The van der Waals surface area contributed by atoms with E-state index in [1.807, 2.05) is 0 Å². The first-order chi connectivity index (χ1) is 9.61. The highest BCUT2D eigenvalue weighted by atomic mass is 79.9. The lowest BCUT2D eigenvalue weighted by atomic mass is 9.95. The Morgan fingerprint density at radius 3 is 2.55 bits per heavy atom. The number of rotatable bonds is 5. The molecule has 20 heavy (non-hydrogen) atoms. The first-order valence-electron chi connectivity index (χ1n) is 7.15. The van der Waals surface area contributed by atoms with Crippen LogP contribution in [-0.2, 0) is 6.42 Å². The summed E-state index contributed by atoms with van der Waals surface area (Å²) < 4.78 is 1.18. The summed E-state index contributed by atoms with van der Waals surface area (Å²) >= 11 is 3.69. The first kappa shape index (κ1) is 15.3. The van der Waals surface area contributed by atoms with Crippen LogP contribution in [0, 0.1) is 13.8 Å². The van der Waals surface area contributed by atoms with Gasteiger partial charge in [-0.3, -0.25) is 0 Å².